The Labute approximate surface area is 190 Å². The fraction of sp³-hybridized carbons (Fsp3) is 0.632. The van der Waals surface area contributed by atoms with Gasteiger partial charge in [0.1, 0.15) is 18.1 Å². The molecule has 1 heterocycles. The first-order valence-corrected chi connectivity index (χ1v) is 11.5. The first-order valence-electron chi connectivity index (χ1n) is 10.1. The van der Waals surface area contributed by atoms with E-state index < -0.39 is 54.5 Å². The molecule has 12 nitrogen and oxygen atoms in total. The average Bonchev–Trinajstić information content (AvgIpc) is 3.24. The fourth-order valence-electron chi connectivity index (χ4n) is 2.74. The van der Waals surface area contributed by atoms with E-state index in [1.807, 2.05) is 6.26 Å². The molecule has 1 aromatic heterocycles. The molecular formula is C19H32N6O6S. The van der Waals surface area contributed by atoms with E-state index in [1.165, 1.54) is 24.3 Å². The van der Waals surface area contributed by atoms with Gasteiger partial charge in [-0.05, 0) is 24.3 Å². The first kappa shape index (κ1) is 27.4. The summed E-state index contributed by atoms with van der Waals surface area (Å²) in [4.78, 5) is 55.6. The van der Waals surface area contributed by atoms with Crippen LogP contribution in [0.25, 0.3) is 0 Å². The van der Waals surface area contributed by atoms with Crippen LogP contribution in [0.4, 0.5) is 0 Å². The number of imidazole rings is 1. The van der Waals surface area contributed by atoms with Crippen molar-refractivity contribution in [3.05, 3.63) is 18.2 Å². The number of aliphatic carboxylic acids is 1. The van der Waals surface area contributed by atoms with Gasteiger partial charge in [0.05, 0.1) is 19.0 Å². The molecule has 0 aliphatic carbocycles. The van der Waals surface area contributed by atoms with Crippen LogP contribution >= 0.6 is 11.8 Å². The number of carbonyl (C=O) groups excluding carboxylic acids is 3. The van der Waals surface area contributed by atoms with Crippen LogP contribution in [-0.2, 0) is 25.6 Å². The molecule has 180 valence electrons. The number of carboxylic acid groups (broad SMARTS) is 1. The van der Waals surface area contributed by atoms with Crippen LogP contribution < -0.4 is 21.7 Å². The molecule has 0 aliphatic rings. The Balaban J connectivity index is 2.79. The van der Waals surface area contributed by atoms with Gasteiger partial charge >= 0.3 is 5.97 Å². The molecular weight excluding hydrogens is 440 g/mol. The zero-order valence-electron chi connectivity index (χ0n) is 18.3. The second kappa shape index (κ2) is 13.7. The molecule has 0 saturated carbocycles. The average molecular weight is 473 g/mol. The minimum absolute atomic E-state index is 0.149. The molecule has 0 aliphatic heterocycles. The monoisotopic (exact) mass is 472 g/mol. The summed E-state index contributed by atoms with van der Waals surface area (Å²) in [5.41, 5.74) is 6.47. The second-order valence-corrected chi connectivity index (χ2v) is 8.53. The predicted molar refractivity (Wildman–Crippen MR) is 119 cm³/mol. The number of nitrogens with one attached hydrogen (secondary N) is 4. The van der Waals surface area contributed by atoms with Gasteiger partial charge < -0.3 is 36.9 Å². The van der Waals surface area contributed by atoms with Gasteiger partial charge in [-0.2, -0.15) is 11.8 Å². The molecule has 4 unspecified atom stereocenters. The lowest BCUT2D eigenvalue weighted by atomic mass is 10.0. The number of carbonyl (C=O) groups is 4. The lowest BCUT2D eigenvalue weighted by Gasteiger charge is -2.25. The molecule has 4 atom stereocenters. The zero-order valence-corrected chi connectivity index (χ0v) is 19.1. The molecule has 0 saturated heterocycles. The van der Waals surface area contributed by atoms with Gasteiger partial charge in [0.2, 0.25) is 17.7 Å². The van der Waals surface area contributed by atoms with Crippen LogP contribution in [-0.4, -0.2) is 86.7 Å². The lowest BCUT2D eigenvalue weighted by molar-refractivity contribution is -0.143. The molecule has 0 bridgehead atoms. The number of aromatic nitrogens is 2. The highest BCUT2D eigenvalue weighted by Crippen LogP contribution is 2.06. The Bertz CT molecular complexity index is 759. The van der Waals surface area contributed by atoms with E-state index in [1.54, 1.807) is 13.8 Å². The van der Waals surface area contributed by atoms with Crippen molar-refractivity contribution in [2.45, 2.75) is 50.9 Å². The maximum atomic E-state index is 12.6. The highest BCUT2D eigenvalue weighted by atomic mass is 32.2. The van der Waals surface area contributed by atoms with E-state index in [9.17, 15) is 29.4 Å². The van der Waals surface area contributed by atoms with Crippen molar-refractivity contribution in [1.82, 2.24) is 25.9 Å². The summed E-state index contributed by atoms with van der Waals surface area (Å²) in [6.45, 7) is 2.59. The Morgan fingerprint density at radius 3 is 2.25 bits per heavy atom. The van der Waals surface area contributed by atoms with Crippen molar-refractivity contribution in [2.75, 3.05) is 18.6 Å². The van der Waals surface area contributed by atoms with Crippen molar-refractivity contribution in [3.63, 3.8) is 0 Å². The highest BCUT2D eigenvalue weighted by Gasteiger charge is 2.31. The molecule has 13 heteroatoms. The molecule has 8 N–H and O–H groups in total. The summed E-state index contributed by atoms with van der Waals surface area (Å²) >= 11 is 1.44. The molecule has 3 amide bonds. The summed E-state index contributed by atoms with van der Waals surface area (Å²) < 4.78 is 0. The van der Waals surface area contributed by atoms with E-state index in [2.05, 4.69) is 25.9 Å². The molecule has 0 spiro atoms. The van der Waals surface area contributed by atoms with E-state index in [0.717, 1.165) is 0 Å². The van der Waals surface area contributed by atoms with E-state index >= 15 is 0 Å². The quantitative estimate of drug-likeness (QED) is 0.163. The van der Waals surface area contributed by atoms with Gasteiger partial charge in [-0.1, -0.05) is 13.8 Å². The number of aromatic amines is 1. The number of carboxylic acids is 1. The van der Waals surface area contributed by atoms with Crippen LogP contribution in [0.3, 0.4) is 0 Å². The van der Waals surface area contributed by atoms with Crippen LogP contribution in [0.5, 0.6) is 0 Å². The van der Waals surface area contributed by atoms with Gasteiger partial charge in [-0.25, -0.2) is 9.78 Å². The minimum atomic E-state index is -1.33. The molecule has 0 fully saturated rings. The smallest absolute Gasteiger partial charge is 0.326 e. The summed E-state index contributed by atoms with van der Waals surface area (Å²) in [5.74, 6) is -3.14. The number of H-pyrrole nitrogens is 1. The number of aliphatic hydroxyl groups excluding tert-OH is 1. The highest BCUT2D eigenvalue weighted by molar-refractivity contribution is 7.98. The van der Waals surface area contributed by atoms with Crippen molar-refractivity contribution in [1.29, 1.82) is 0 Å². The van der Waals surface area contributed by atoms with Gasteiger partial charge in [0.25, 0.3) is 0 Å². The topological polar surface area (TPSA) is 200 Å². The Morgan fingerprint density at radius 2 is 1.75 bits per heavy atom. The SMILES string of the molecule is CSCCC(NC(=O)C(CO)NC(=O)C(N)Cc1cnc[nH]1)C(=O)NC(C(=O)O)C(C)C. The van der Waals surface area contributed by atoms with Crippen molar-refractivity contribution < 1.29 is 29.4 Å². The number of rotatable bonds is 14. The largest absolute Gasteiger partial charge is 0.480 e. The summed E-state index contributed by atoms with van der Waals surface area (Å²) in [7, 11) is 0. The molecule has 32 heavy (non-hydrogen) atoms. The summed E-state index contributed by atoms with van der Waals surface area (Å²) in [5, 5.41) is 26.2. The number of aliphatic hydroxyl groups is 1. The number of thioether (sulfide) groups is 1. The van der Waals surface area contributed by atoms with E-state index in [-0.39, 0.29) is 18.8 Å². The summed E-state index contributed by atoms with van der Waals surface area (Å²) in [6.07, 6.45) is 5.16. The van der Waals surface area contributed by atoms with Crippen LogP contribution in [0.1, 0.15) is 26.0 Å². The molecule has 1 rings (SSSR count). The third-order valence-electron chi connectivity index (χ3n) is 4.62. The van der Waals surface area contributed by atoms with E-state index in [4.69, 9.17) is 5.73 Å². The Hall–Kier alpha value is -2.64. The zero-order chi connectivity index (χ0) is 24.3. The third-order valence-corrected chi connectivity index (χ3v) is 5.27. The van der Waals surface area contributed by atoms with Gasteiger partial charge in [-0.3, -0.25) is 14.4 Å². The number of nitrogens with two attached hydrogens (primary N) is 1. The van der Waals surface area contributed by atoms with Crippen molar-refractivity contribution >= 4 is 35.5 Å². The maximum Gasteiger partial charge on any atom is 0.326 e. The molecule has 0 radical (unpaired) electrons. The first-order chi connectivity index (χ1) is 15.1. The summed E-state index contributed by atoms with van der Waals surface area (Å²) in [6, 6.07) is -4.49. The number of hydrogen-bond acceptors (Lipinski definition) is 8. The number of amides is 3. The van der Waals surface area contributed by atoms with Crippen LogP contribution in [0.15, 0.2) is 12.5 Å². The predicted octanol–water partition coefficient (Wildman–Crippen LogP) is -1.78. The van der Waals surface area contributed by atoms with Crippen molar-refractivity contribution in [2.24, 2.45) is 11.7 Å². The van der Waals surface area contributed by atoms with E-state index in [0.29, 0.717) is 11.4 Å². The third kappa shape index (κ3) is 8.85. The van der Waals surface area contributed by atoms with Gasteiger partial charge in [-0.15, -0.1) is 0 Å². The number of nitrogens with zero attached hydrogens (tertiary/aromatic N) is 1. The van der Waals surface area contributed by atoms with Crippen molar-refractivity contribution in [3.8, 4) is 0 Å². The van der Waals surface area contributed by atoms with Crippen LogP contribution in [0, 0.1) is 5.92 Å². The Morgan fingerprint density at radius 1 is 1.12 bits per heavy atom. The maximum absolute atomic E-state index is 12.6. The van der Waals surface area contributed by atoms with Crippen LogP contribution in [0.2, 0.25) is 0 Å². The fourth-order valence-corrected chi connectivity index (χ4v) is 3.21. The van der Waals surface area contributed by atoms with Gasteiger partial charge in [0, 0.05) is 18.3 Å². The van der Waals surface area contributed by atoms with Gasteiger partial charge in [0.15, 0.2) is 0 Å². The molecule has 0 aromatic carbocycles. The molecule has 1 aromatic rings. The number of hydrogen-bond donors (Lipinski definition) is 7. The standard InChI is InChI=1S/C19H32N6O6S/c1-10(2)15(19(30)31)25-17(28)13(4-5-32-3)23-18(29)14(8-26)24-16(27)12(20)6-11-7-21-9-22-11/h7,9-10,12-15,26H,4-6,8,20H2,1-3H3,(H,21,22)(H,23,29)(H,24,27)(H,25,28)(H,30,31). The lowest BCUT2D eigenvalue weighted by Crippen LogP contribution is -2.58. The minimum Gasteiger partial charge on any atom is -0.480 e. The normalized spacial score (nSPS) is 14.8. The second-order valence-electron chi connectivity index (χ2n) is 7.54. The Kier molecular flexibility index (Phi) is 11.7.